The molecule has 0 saturated heterocycles. The number of pyridine rings is 1. The summed E-state index contributed by atoms with van der Waals surface area (Å²) in [5.74, 6) is 0. The normalized spacial score (nSPS) is 19.2. The fraction of sp³-hybridized carbons (Fsp3) is 0.444. The summed E-state index contributed by atoms with van der Waals surface area (Å²) in [7, 11) is 0. The third-order valence-corrected chi connectivity index (χ3v) is 2.97. The van der Waals surface area contributed by atoms with Gasteiger partial charge in [-0.3, -0.25) is 4.98 Å². The van der Waals surface area contributed by atoms with E-state index in [0.29, 0.717) is 0 Å². The predicted molar refractivity (Wildman–Crippen MR) is 51.8 cm³/mol. The number of halogens is 1. The van der Waals surface area contributed by atoms with E-state index in [1.165, 1.54) is 0 Å². The van der Waals surface area contributed by atoms with Crippen molar-refractivity contribution < 1.29 is 0 Å². The van der Waals surface area contributed by atoms with Crippen LogP contribution in [0.25, 0.3) is 0 Å². The van der Waals surface area contributed by atoms with Gasteiger partial charge >= 0.3 is 0 Å². The van der Waals surface area contributed by atoms with Gasteiger partial charge in [-0.05, 0) is 40.9 Å². The van der Waals surface area contributed by atoms with E-state index in [1.54, 1.807) is 0 Å². The summed E-state index contributed by atoms with van der Waals surface area (Å²) in [5.41, 5.74) is 7.12. The lowest BCUT2D eigenvalue weighted by Crippen LogP contribution is -2.25. The predicted octanol–water partition coefficient (Wildman–Crippen LogP) is 1.88. The Morgan fingerprint density at radius 3 is 2.92 bits per heavy atom. The van der Waals surface area contributed by atoms with Gasteiger partial charge in [0.1, 0.15) is 0 Å². The first-order valence-electron chi connectivity index (χ1n) is 4.08. The van der Waals surface area contributed by atoms with Crippen molar-refractivity contribution in [3.05, 3.63) is 28.5 Å². The molecule has 0 aliphatic heterocycles. The van der Waals surface area contributed by atoms with Crippen molar-refractivity contribution in [1.82, 2.24) is 4.98 Å². The second-order valence-corrected chi connectivity index (χ2v) is 4.33. The van der Waals surface area contributed by atoms with Crippen LogP contribution in [-0.4, -0.2) is 10.5 Å². The average Bonchev–Trinajstić information content (AvgIpc) is 2.74. The Labute approximate surface area is 80.3 Å². The molecule has 2 nitrogen and oxygen atoms in total. The highest BCUT2D eigenvalue weighted by Crippen LogP contribution is 2.36. The standard InChI is InChI=1S/C9H11BrN2/c10-7-2-1-5-12-8(7)6-9(11)3-4-9/h1-2,5H,3-4,6,11H2. The van der Waals surface area contributed by atoms with E-state index in [4.69, 9.17) is 5.73 Å². The number of hydrogen-bond acceptors (Lipinski definition) is 2. The number of rotatable bonds is 2. The van der Waals surface area contributed by atoms with Gasteiger partial charge in [0.05, 0.1) is 5.69 Å². The topological polar surface area (TPSA) is 38.9 Å². The van der Waals surface area contributed by atoms with Crippen LogP contribution in [0.15, 0.2) is 22.8 Å². The van der Waals surface area contributed by atoms with Gasteiger partial charge < -0.3 is 5.73 Å². The van der Waals surface area contributed by atoms with Gasteiger partial charge in [-0.15, -0.1) is 0 Å². The van der Waals surface area contributed by atoms with Crippen LogP contribution in [-0.2, 0) is 6.42 Å². The molecule has 0 bridgehead atoms. The summed E-state index contributed by atoms with van der Waals surface area (Å²) in [6, 6.07) is 3.93. The maximum absolute atomic E-state index is 5.99. The fourth-order valence-electron chi connectivity index (χ4n) is 1.22. The summed E-state index contributed by atoms with van der Waals surface area (Å²) in [4.78, 5) is 4.28. The Hall–Kier alpha value is -0.410. The van der Waals surface area contributed by atoms with Crippen molar-refractivity contribution >= 4 is 15.9 Å². The van der Waals surface area contributed by atoms with Crippen molar-refractivity contribution in [2.75, 3.05) is 0 Å². The SMILES string of the molecule is NC1(Cc2ncccc2Br)CC1. The molecule has 1 heterocycles. The van der Waals surface area contributed by atoms with Crippen LogP contribution in [0.2, 0.25) is 0 Å². The van der Waals surface area contributed by atoms with Crippen LogP contribution >= 0.6 is 15.9 Å². The molecule has 0 atom stereocenters. The summed E-state index contributed by atoms with van der Waals surface area (Å²) >= 11 is 3.46. The fourth-order valence-corrected chi connectivity index (χ4v) is 1.61. The molecule has 0 aromatic carbocycles. The molecule has 2 N–H and O–H groups in total. The van der Waals surface area contributed by atoms with Crippen molar-refractivity contribution in [3.8, 4) is 0 Å². The molecular weight excluding hydrogens is 216 g/mol. The zero-order chi connectivity index (χ0) is 8.60. The van der Waals surface area contributed by atoms with Gasteiger partial charge in [-0.2, -0.15) is 0 Å². The van der Waals surface area contributed by atoms with E-state index in [0.717, 1.165) is 29.4 Å². The Balaban J connectivity index is 2.17. The molecule has 0 amide bonds. The second-order valence-electron chi connectivity index (χ2n) is 3.47. The molecular formula is C9H11BrN2. The molecule has 1 aromatic heterocycles. The first-order chi connectivity index (χ1) is 5.70. The third-order valence-electron chi connectivity index (χ3n) is 2.25. The number of aromatic nitrogens is 1. The average molecular weight is 227 g/mol. The maximum Gasteiger partial charge on any atom is 0.0563 e. The van der Waals surface area contributed by atoms with Crippen LogP contribution in [0.5, 0.6) is 0 Å². The van der Waals surface area contributed by atoms with Gasteiger partial charge in [0.2, 0.25) is 0 Å². The molecule has 12 heavy (non-hydrogen) atoms. The van der Waals surface area contributed by atoms with E-state index in [9.17, 15) is 0 Å². The minimum Gasteiger partial charge on any atom is -0.325 e. The van der Waals surface area contributed by atoms with Crippen molar-refractivity contribution in [2.24, 2.45) is 5.73 Å². The highest BCUT2D eigenvalue weighted by molar-refractivity contribution is 9.10. The minimum atomic E-state index is 0.0525. The summed E-state index contributed by atoms with van der Waals surface area (Å²) in [6.45, 7) is 0. The van der Waals surface area contributed by atoms with E-state index >= 15 is 0 Å². The van der Waals surface area contributed by atoms with Crippen molar-refractivity contribution in [3.63, 3.8) is 0 Å². The van der Waals surface area contributed by atoms with Gasteiger partial charge in [0, 0.05) is 22.6 Å². The summed E-state index contributed by atoms with van der Waals surface area (Å²) in [6.07, 6.45) is 4.98. The monoisotopic (exact) mass is 226 g/mol. The van der Waals surface area contributed by atoms with Crippen LogP contribution in [0.4, 0.5) is 0 Å². The Morgan fingerprint density at radius 2 is 2.33 bits per heavy atom. The van der Waals surface area contributed by atoms with Gasteiger partial charge in [0.25, 0.3) is 0 Å². The zero-order valence-corrected chi connectivity index (χ0v) is 8.34. The van der Waals surface area contributed by atoms with E-state index < -0.39 is 0 Å². The molecule has 1 aliphatic rings. The van der Waals surface area contributed by atoms with Crippen molar-refractivity contribution in [1.29, 1.82) is 0 Å². The van der Waals surface area contributed by atoms with E-state index in [2.05, 4.69) is 20.9 Å². The smallest absolute Gasteiger partial charge is 0.0563 e. The summed E-state index contributed by atoms with van der Waals surface area (Å²) in [5, 5.41) is 0. The Bertz CT molecular complexity index is 294. The van der Waals surface area contributed by atoms with Crippen LogP contribution in [0.3, 0.4) is 0 Å². The highest BCUT2D eigenvalue weighted by Gasteiger charge is 2.38. The van der Waals surface area contributed by atoms with Gasteiger partial charge in [0.15, 0.2) is 0 Å². The molecule has 1 aliphatic carbocycles. The lowest BCUT2D eigenvalue weighted by molar-refractivity contribution is 0.657. The van der Waals surface area contributed by atoms with Crippen LogP contribution in [0.1, 0.15) is 18.5 Å². The van der Waals surface area contributed by atoms with Crippen LogP contribution < -0.4 is 5.73 Å². The van der Waals surface area contributed by atoms with Gasteiger partial charge in [-0.25, -0.2) is 0 Å². The Morgan fingerprint density at radius 1 is 1.58 bits per heavy atom. The lowest BCUT2D eigenvalue weighted by atomic mass is 10.1. The first kappa shape index (κ1) is 8.20. The molecule has 1 saturated carbocycles. The molecule has 3 heteroatoms. The molecule has 0 radical (unpaired) electrons. The first-order valence-corrected chi connectivity index (χ1v) is 4.87. The zero-order valence-electron chi connectivity index (χ0n) is 6.76. The minimum absolute atomic E-state index is 0.0525. The second kappa shape index (κ2) is 2.82. The number of hydrogen-bond donors (Lipinski definition) is 1. The molecule has 0 unspecified atom stereocenters. The quantitative estimate of drug-likeness (QED) is 0.837. The van der Waals surface area contributed by atoms with Gasteiger partial charge in [-0.1, -0.05) is 0 Å². The van der Waals surface area contributed by atoms with Crippen molar-refractivity contribution in [2.45, 2.75) is 24.8 Å². The number of nitrogens with zero attached hydrogens (tertiary/aromatic N) is 1. The summed E-state index contributed by atoms with van der Waals surface area (Å²) < 4.78 is 1.07. The third kappa shape index (κ3) is 1.67. The van der Waals surface area contributed by atoms with E-state index in [-0.39, 0.29) is 5.54 Å². The lowest BCUT2D eigenvalue weighted by Gasteiger charge is -2.08. The van der Waals surface area contributed by atoms with Crippen LogP contribution in [0, 0.1) is 0 Å². The largest absolute Gasteiger partial charge is 0.325 e. The molecule has 0 spiro atoms. The molecule has 1 aromatic rings. The molecule has 1 fully saturated rings. The Kier molecular flexibility index (Phi) is 1.93. The molecule has 2 rings (SSSR count). The van der Waals surface area contributed by atoms with E-state index in [1.807, 2.05) is 18.3 Å². The highest BCUT2D eigenvalue weighted by atomic mass is 79.9. The molecule has 64 valence electrons. The number of nitrogens with two attached hydrogens (primary N) is 1. The maximum atomic E-state index is 5.99.